The van der Waals surface area contributed by atoms with Gasteiger partial charge in [0.05, 0.1) is 0 Å². The number of fused-ring (bicyclic) bond motifs is 1. The third-order valence-electron chi connectivity index (χ3n) is 4.45. The van der Waals surface area contributed by atoms with Crippen LogP contribution >= 0.6 is 0 Å². The van der Waals surface area contributed by atoms with Crippen molar-refractivity contribution < 1.29 is 14.3 Å². The standard InChI is InChI=1S/C18H22N4O3/c1-12-11-20-17(13-2-3-13)22(12)7-6-19-18(23)21-14-4-5-15-16(10-14)25-9-8-24-15/h4-5,10-11,13H,2-3,6-9H2,1H3,(H2,19,21,23). The first kappa shape index (κ1) is 15.8. The number of imidazole rings is 1. The molecule has 2 heterocycles. The highest BCUT2D eigenvalue weighted by atomic mass is 16.6. The monoisotopic (exact) mass is 342 g/mol. The van der Waals surface area contributed by atoms with Gasteiger partial charge in [-0.2, -0.15) is 0 Å². The van der Waals surface area contributed by atoms with E-state index >= 15 is 0 Å². The average Bonchev–Trinajstić information content (AvgIpc) is 3.39. The Morgan fingerprint density at radius 1 is 1.28 bits per heavy atom. The van der Waals surface area contributed by atoms with Crippen molar-refractivity contribution >= 4 is 11.7 Å². The van der Waals surface area contributed by atoms with Crippen LogP contribution in [0.2, 0.25) is 0 Å². The number of anilines is 1. The third-order valence-corrected chi connectivity index (χ3v) is 4.45. The number of carbonyl (C=O) groups is 1. The Morgan fingerprint density at radius 3 is 2.88 bits per heavy atom. The summed E-state index contributed by atoms with van der Waals surface area (Å²) < 4.78 is 13.2. The number of hydrogen-bond acceptors (Lipinski definition) is 4. The van der Waals surface area contributed by atoms with Crippen LogP contribution in [0.1, 0.15) is 30.3 Å². The summed E-state index contributed by atoms with van der Waals surface area (Å²) in [6.07, 6.45) is 4.34. The number of carbonyl (C=O) groups excluding carboxylic acids is 1. The van der Waals surface area contributed by atoms with Gasteiger partial charge < -0.3 is 24.7 Å². The van der Waals surface area contributed by atoms with Crippen molar-refractivity contribution in [3.05, 3.63) is 35.9 Å². The van der Waals surface area contributed by atoms with Gasteiger partial charge in [-0.15, -0.1) is 0 Å². The Labute approximate surface area is 146 Å². The van der Waals surface area contributed by atoms with E-state index in [9.17, 15) is 4.79 Å². The second kappa shape index (κ2) is 6.66. The van der Waals surface area contributed by atoms with Crippen molar-refractivity contribution in [1.82, 2.24) is 14.9 Å². The van der Waals surface area contributed by atoms with E-state index < -0.39 is 0 Å². The lowest BCUT2D eigenvalue weighted by molar-refractivity contribution is 0.171. The molecule has 2 amide bonds. The first-order chi connectivity index (χ1) is 12.2. The molecule has 7 heteroatoms. The number of urea groups is 1. The van der Waals surface area contributed by atoms with Gasteiger partial charge in [0.1, 0.15) is 19.0 Å². The van der Waals surface area contributed by atoms with Gasteiger partial charge in [-0.3, -0.25) is 0 Å². The molecule has 7 nitrogen and oxygen atoms in total. The molecule has 25 heavy (non-hydrogen) atoms. The quantitative estimate of drug-likeness (QED) is 0.876. The largest absolute Gasteiger partial charge is 0.486 e. The Morgan fingerprint density at radius 2 is 2.08 bits per heavy atom. The van der Waals surface area contributed by atoms with Gasteiger partial charge in [0.2, 0.25) is 0 Å². The van der Waals surface area contributed by atoms with Gasteiger partial charge in [0.25, 0.3) is 0 Å². The van der Waals surface area contributed by atoms with Gasteiger partial charge in [0, 0.05) is 42.7 Å². The van der Waals surface area contributed by atoms with Crippen LogP contribution in [0.25, 0.3) is 0 Å². The maximum atomic E-state index is 12.1. The zero-order chi connectivity index (χ0) is 17.2. The van der Waals surface area contributed by atoms with Crippen LogP contribution in [0, 0.1) is 6.92 Å². The molecule has 132 valence electrons. The van der Waals surface area contributed by atoms with E-state index in [2.05, 4.69) is 20.2 Å². The summed E-state index contributed by atoms with van der Waals surface area (Å²) in [5, 5.41) is 5.72. The molecule has 2 aliphatic rings. The summed E-state index contributed by atoms with van der Waals surface area (Å²) in [6, 6.07) is 5.15. The number of nitrogens with zero attached hydrogens (tertiary/aromatic N) is 2. The maximum absolute atomic E-state index is 12.1. The summed E-state index contributed by atoms with van der Waals surface area (Å²) in [4.78, 5) is 16.6. The average molecular weight is 342 g/mol. The molecule has 0 spiro atoms. The molecule has 1 aliphatic carbocycles. The molecule has 4 rings (SSSR count). The molecular formula is C18H22N4O3. The van der Waals surface area contributed by atoms with Crippen molar-refractivity contribution in [2.45, 2.75) is 32.2 Å². The Balaban J connectivity index is 1.30. The van der Waals surface area contributed by atoms with Crippen LogP contribution in [0.4, 0.5) is 10.5 Å². The van der Waals surface area contributed by atoms with Crippen LogP contribution < -0.4 is 20.1 Å². The number of aromatic nitrogens is 2. The number of benzene rings is 1. The second-order valence-electron chi connectivity index (χ2n) is 6.42. The first-order valence-corrected chi connectivity index (χ1v) is 8.67. The highest BCUT2D eigenvalue weighted by Gasteiger charge is 2.28. The van der Waals surface area contributed by atoms with Gasteiger partial charge in [-0.05, 0) is 31.9 Å². The summed E-state index contributed by atoms with van der Waals surface area (Å²) in [7, 11) is 0. The van der Waals surface area contributed by atoms with Crippen molar-refractivity contribution in [2.75, 3.05) is 25.1 Å². The SMILES string of the molecule is Cc1cnc(C2CC2)n1CCNC(=O)Nc1ccc2c(c1)OCCO2. The highest BCUT2D eigenvalue weighted by Crippen LogP contribution is 2.39. The minimum Gasteiger partial charge on any atom is -0.486 e. The second-order valence-corrected chi connectivity index (χ2v) is 6.42. The highest BCUT2D eigenvalue weighted by molar-refractivity contribution is 5.89. The zero-order valence-corrected chi connectivity index (χ0v) is 14.2. The van der Waals surface area contributed by atoms with Crippen LogP contribution in [-0.2, 0) is 6.54 Å². The van der Waals surface area contributed by atoms with Crippen molar-refractivity contribution in [2.24, 2.45) is 0 Å². The topological polar surface area (TPSA) is 77.4 Å². The predicted octanol–water partition coefficient (Wildman–Crippen LogP) is 2.66. The number of aryl methyl sites for hydroxylation is 1. The minimum atomic E-state index is -0.234. The smallest absolute Gasteiger partial charge is 0.319 e. The van der Waals surface area contributed by atoms with Crippen molar-refractivity contribution in [1.29, 1.82) is 0 Å². The zero-order valence-electron chi connectivity index (χ0n) is 14.2. The lowest BCUT2D eigenvalue weighted by Gasteiger charge is -2.19. The van der Waals surface area contributed by atoms with Crippen LogP contribution in [0.3, 0.4) is 0 Å². The van der Waals surface area contributed by atoms with Crippen LogP contribution in [-0.4, -0.2) is 35.3 Å². The molecule has 0 saturated heterocycles. The van der Waals surface area contributed by atoms with E-state index in [0.717, 1.165) is 18.1 Å². The summed E-state index contributed by atoms with van der Waals surface area (Å²) in [6.45, 7) is 4.40. The Kier molecular flexibility index (Phi) is 4.21. The fraction of sp³-hybridized carbons (Fsp3) is 0.444. The molecule has 2 N–H and O–H groups in total. The number of amides is 2. The molecule has 0 unspecified atom stereocenters. The molecule has 2 aromatic rings. The number of nitrogens with one attached hydrogen (secondary N) is 2. The summed E-state index contributed by atoms with van der Waals surface area (Å²) >= 11 is 0. The molecular weight excluding hydrogens is 320 g/mol. The predicted molar refractivity (Wildman–Crippen MR) is 93.4 cm³/mol. The molecule has 1 saturated carbocycles. The Bertz CT molecular complexity index is 783. The van der Waals surface area contributed by atoms with Crippen LogP contribution in [0.15, 0.2) is 24.4 Å². The molecule has 0 bridgehead atoms. The molecule has 1 aromatic carbocycles. The van der Waals surface area contributed by atoms with Crippen molar-refractivity contribution in [3.63, 3.8) is 0 Å². The van der Waals surface area contributed by atoms with E-state index in [1.165, 1.54) is 12.8 Å². The van der Waals surface area contributed by atoms with E-state index in [1.807, 2.05) is 13.1 Å². The number of hydrogen-bond donors (Lipinski definition) is 2. The third kappa shape index (κ3) is 3.55. The molecule has 1 fully saturated rings. The molecule has 1 aromatic heterocycles. The lowest BCUT2D eigenvalue weighted by Crippen LogP contribution is -2.32. The summed E-state index contributed by atoms with van der Waals surface area (Å²) in [5.41, 5.74) is 1.81. The van der Waals surface area contributed by atoms with Gasteiger partial charge in [-0.25, -0.2) is 9.78 Å². The fourth-order valence-corrected chi connectivity index (χ4v) is 3.02. The summed E-state index contributed by atoms with van der Waals surface area (Å²) in [5.74, 6) is 3.11. The van der Waals surface area contributed by atoms with Gasteiger partial charge in [0.15, 0.2) is 11.5 Å². The Hall–Kier alpha value is -2.70. The number of ether oxygens (including phenoxy) is 2. The van der Waals surface area contributed by atoms with Crippen LogP contribution in [0.5, 0.6) is 11.5 Å². The van der Waals surface area contributed by atoms with E-state index in [1.54, 1.807) is 18.2 Å². The van der Waals surface area contributed by atoms with E-state index in [4.69, 9.17) is 9.47 Å². The van der Waals surface area contributed by atoms with E-state index in [0.29, 0.717) is 42.9 Å². The maximum Gasteiger partial charge on any atom is 0.319 e. The normalized spacial score (nSPS) is 15.7. The lowest BCUT2D eigenvalue weighted by atomic mass is 10.2. The molecule has 1 aliphatic heterocycles. The number of rotatable bonds is 5. The molecule has 0 atom stereocenters. The minimum absolute atomic E-state index is 0.234. The van der Waals surface area contributed by atoms with E-state index in [-0.39, 0.29) is 6.03 Å². The van der Waals surface area contributed by atoms with Gasteiger partial charge >= 0.3 is 6.03 Å². The molecule has 0 radical (unpaired) electrons. The fourth-order valence-electron chi connectivity index (χ4n) is 3.02. The van der Waals surface area contributed by atoms with Crippen molar-refractivity contribution in [3.8, 4) is 11.5 Å². The van der Waals surface area contributed by atoms with Gasteiger partial charge in [-0.1, -0.05) is 0 Å². The first-order valence-electron chi connectivity index (χ1n) is 8.67.